The average Bonchev–Trinajstić information content (AvgIpc) is 3.13. The van der Waals surface area contributed by atoms with Gasteiger partial charge in [-0.15, -0.1) is 0 Å². The number of benzene rings is 1. The van der Waals surface area contributed by atoms with Crippen LogP contribution >= 0.6 is 0 Å². The largest absolute Gasteiger partial charge is 0.479 e. The highest BCUT2D eigenvalue weighted by atomic mass is 16.4. The van der Waals surface area contributed by atoms with Crippen LogP contribution in [0.5, 0.6) is 0 Å². The molecule has 0 atom stereocenters. The Morgan fingerprint density at radius 2 is 2.04 bits per heavy atom. The summed E-state index contributed by atoms with van der Waals surface area (Å²) < 4.78 is 1.31. The maximum Gasteiger partial charge on any atom is 0.331 e. The highest BCUT2D eigenvalue weighted by Gasteiger charge is 2.30. The van der Waals surface area contributed by atoms with Crippen LogP contribution in [0.2, 0.25) is 0 Å². The minimum absolute atomic E-state index is 0.309. The first kappa shape index (κ1) is 15.8. The van der Waals surface area contributed by atoms with E-state index in [0.29, 0.717) is 11.4 Å². The SMILES string of the molecule is Cc1ccc2[nH]c(C(=O)Nc3cnn(C(C)(C)C(=O)O)c3)cc2c1. The number of fused-ring (bicyclic) bond motifs is 1. The van der Waals surface area contributed by atoms with Gasteiger partial charge in [0.2, 0.25) is 0 Å². The number of H-pyrrole nitrogens is 1. The number of nitrogens with one attached hydrogen (secondary N) is 2. The van der Waals surface area contributed by atoms with Gasteiger partial charge in [0.25, 0.3) is 5.91 Å². The molecule has 7 nitrogen and oxygen atoms in total. The summed E-state index contributed by atoms with van der Waals surface area (Å²) in [7, 11) is 0. The Hall–Kier alpha value is -3.09. The Balaban J connectivity index is 1.81. The van der Waals surface area contributed by atoms with Gasteiger partial charge in [-0.1, -0.05) is 11.6 Å². The van der Waals surface area contributed by atoms with Gasteiger partial charge in [0.15, 0.2) is 5.54 Å². The predicted molar refractivity (Wildman–Crippen MR) is 90.2 cm³/mol. The molecule has 0 saturated heterocycles. The zero-order chi connectivity index (χ0) is 17.5. The van der Waals surface area contributed by atoms with Crippen molar-refractivity contribution in [2.75, 3.05) is 5.32 Å². The fraction of sp³-hybridized carbons (Fsp3) is 0.235. The van der Waals surface area contributed by atoms with Gasteiger partial charge in [0.1, 0.15) is 5.69 Å². The Morgan fingerprint density at radius 3 is 2.75 bits per heavy atom. The smallest absolute Gasteiger partial charge is 0.331 e. The molecule has 1 aromatic carbocycles. The van der Waals surface area contributed by atoms with Crippen molar-refractivity contribution in [3.8, 4) is 0 Å². The molecule has 124 valence electrons. The number of nitrogens with zero attached hydrogens (tertiary/aromatic N) is 2. The second-order valence-electron chi connectivity index (χ2n) is 6.27. The number of carbonyl (C=O) groups is 2. The van der Waals surface area contributed by atoms with Crippen LogP contribution in [0.15, 0.2) is 36.7 Å². The molecule has 0 bridgehead atoms. The Labute approximate surface area is 138 Å². The lowest BCUT2D eigenvalue weighted by Gasteiger charge is -2.19. The average molecular weight is 326 g/mol. The van der Waals surface area contributed by atoms with Crippen molar-refractivity contribution >= 4 is 28.5 Å². The lowest BCUT2D eigenvalue weighted by Crippen LogP contribution is -2.35. The predicted octanol–water partition coefficient (Wildman–Crippen LogP) is 2.74. The zero-order valence-corrected chi connectivity index (χ0v) is 13.6. The van der Waals surface area contributed by atoms with Crippen LogP contribution in [-0.2, 0) is 10.3 Å². The fourth-order valence-corrected chi connectivity index (χ4v) is 2.36. The fourth-order valence-electron chi connectivity index (χ4n) is 2.36. The van der Waals surface area contributed by atoms with E-state index in [1.165, 1.54) is 30.9 Å². The standard InChI is InChI=1S/C17H18N4O3/c1-10-4-5-13-11(6-10)7-14(20-13)15(22)19-12-8-18-21(9-12)17(2,3)16(23)24/h4-9,20H,1-3H3,(H,19,22)(H,23,24). The van der Waals surface area contributed by atoms with Gasteiger partial charge in [-0.2, -0.15) is 5.10 Å². The third-order valence-electron chi connectivity index (χ3n) is 3.96. The first-order valence-corrected chi connectivity index (χ1v) is 7.46. The van der Waals surface area contributed by atoms with E-state index in [9.17, 15) is 14.7 Å². The van der Waals surface area contributed by atoms with E-state index in [4.69, 9.17) is 0 Å². The number of amides is 1. The molecule has 0 aliphatic carbocycles. The van der Waals surface area contributed by atoms with Gasteiger partial charge in [-0.3, -0.25) is 9.48 Å². The van der Waals surface area contributed by atoms with Gasteiger partial charge in [-0.25, -0.2) is 4.79 Å². The molecule has 24 heavy (non-hydrogen) atoms. The van der Waals surface area contributed by atoms with Gasteiger partial charge in [0, 0.05) is 17.1 Å². The highest BCUT2D eigenvalue weighted by Crippen LogP contribution is 2.20. The minimum atomic E-state index is -1.19. The summed E-state index contributed by atoms with van der Waals surface area (Å²) in [5.74, 6) is -1.31. The summed E-state index contributed by atoms with van der Waals surface area (Å²) in [5, 5.41) is 16.9. The third-order valence-corrected chi connectivity index (χ3v) is 3.96. The number of rotatable bonds is 4. The summed E-state index contributed by atoms with van der Waals surface area (Å²) in [4.78, 5) is 26.7. The summed E-state index contributed by atoms with van der Waals surface area (Å²) in [6.07, 6.45) is 2.92. The van der Waals surface area contributed by atoms with E-state index < -0.39 is 11.5 Å². The Kier molecular flexibility index (Phi) is 3.63. The second kappa shape index (κ2) is 5.52. The first-order valence-electron chi connectivity index (χ1n) is 7.46. The number of aliphatic carboxylic acids is 1. The molecule has 2 aromatic heterocycles. The molecule has 0 radical (unpaired) electrons. The summed E-state index contributed by atoms with van der Waals surface area (Å²) in [6, 6.07) is 7.67. The lowest BCUT2D eigenvalue weighted by atomic mass is 10.1. The van der Waals surface area contributed by atoms with Gasteiger partial charge >= 0.3 is 5.97 Å². The molecule has 3 aromatic rings. The number of carboxylic acid groups (broad SMARTS) is 1. The number of aromatic amines is 1. The maximum absolute atomic E-state index is 12.4. The van der Waals surface area contributed by atoms with Crippen molar-refractivity contribution in [2.24, 2.45) is 0 Å². The quantitative estimate of drug-likeness (QED) is 0.686. The lowest BCUT2D eigenvalue weighted by molar-refractivity contribution is -0.146. The van der Waals surface area contributed by atoms with Gasteiger partial charge in [-0.05, 0) is 39.0 Å². The number of aryl methyl sites for hydroxylation is 1. The topological polar surface area (TPSA) is 100 Å². The van der Waals surface area contributed by atoms with Crippen molar-refractivity contribution in [3.63, 3.8) is 0 Å². The molecular formula is C17H18N4O3. The molecule has 3 N–H and O–H groups in total. The van der Waals surface area contributed by atoms with Crippen molar-refractivity contribution in [1.29, 1.82) is 0 Å². The number of anilines is 1. The van der Waals surface area contributed by atoms with E-state index in [1.807, 2.05) is 25.1 Å². The van der Waals surface area contributed by atoms with Crippen LogP contribution in [0.1, 0.15) is 29.9 Å². The van der Waals surface area contributed by atoms with Crippen LogP contribution in [0.25, 0.3) is 10.9 Å². The molecule has 7 heteroatoms. The molecule has 2 heterocycles. The van der Waals surface area contributed by atoms with Crippen molar-refractivity contribution in [2.45, 2.75) is 26.3 Å². The number of hydrogen-bond donors (Lipinski definition) is 3. The van der Waals surface area contributed by atoms with Crippen LogP contribution in [0.3, 0.4) is 0 Å². The second-order valence-corrected chi connectivity index (χ2v) is 6.27. The summed E-state index contributed by atoms with van der Waals surface area (Å²) >= 11 is 0. The molecule has 0 unspecified atom stereocenters. The van der Waals surface area contributed by atoms with E-state index in [2.05, 4.69) is 15.4 Å². The minimum Gasteiger partial charge on any atom is -0.479 e. The molecule has 1 amide bonds. The maximum atomic E-state index is 12.4. The van der Waals surface area contributed by atoms with E-state index in [-0.39, 0.29) is 5.91 Å². The van der Waals surface area contributed by atoms with Gasteiger partial charge in [0.05, 0.1) is 11.9 Å². The zero-order valence-electron chi connectivity index (χ0n) is 13.6. The molecule has 0 fully saturated rings. The molecule has 0 spiro atoms. The van der Waals surface area contributed by atoms with Crippen molar-refractivity contribution in [3.05, 3.63) is 47.9 Å². The molecule has 0 aliphatic heterocycles. The van der Waals surface area contributed by atoms with Crippen molar-refractivity contribution < 1.29 is 14.7 Å². The molecule has 0 saturated carbocycles. The van der Waals surface area contributed by atoms with Crippen LogP contribution in [-0.4, -0.2) is 31.7 Å². The number of carbonyl (C=O) groups excluding carboxylic acids is 1. The van der Waals surface area contributed by atoms with Crippen LogP contribution in [0.4, 0.5) is 5.69 Å². The van der Waals surface area contributed by atoms with E-state index in [0.717, 1.165) is 16.5 Å². The molecule has 0 aliphatic rings. The van der Waals surface area contributed by atoms with Crippen molar-refractivity contribution in [1.82, 2.24) is 14.8 Å². The van der Waals surface area contributed by atoms with Crippen LogP contribution in [0, 0.1) is 6.92 Å². The summed E-state index contributed by atoms with van der Waals surface area (Å²) in [6.45, 7) is 5.06. The first-order chi connectivity index (χ1) is 11.3. The van der Waals surface area contributed by atoms with Crippen LogP contribution < -0.4 is 5.32 Å². The van der Waals surface area contributed by atoms with Gasteiger partial charge < -0.3 is 15.4 Å². The van der Waals surface area contributed by atoms with E-state index >= 15 is 0 Å². The normalized spacial score (nSPS) is 11.6. The molecular weight excluding hydrogens is 308 g/mol. The number of aromatic nitrogens is 3. The highest BCUT2D eigenvalue weighted by molar-refractivity contribution is 6.05. The Bertz CT molecular complexity index is 936. The molecule has 3 rings (SSSR count). The summed E-state index contributed by atoms with van der Waals surface area (Å²) in [5.41, 5.74) is 1.67. The number of hydrogen-bond acceptors (Lipinski definition) is 3. The Morgan fingerprint density at radius 1 is 1.29 bits per heavy atom. The third kappa shape index (κ3) is 2.76. The monoisotopic (exact) mass is 326 g/mol. The van der Waals surface area contributed by atoms with E-state index in [1.54, 1.807) is 6.07 Å². The number of carboxylic acids is 1.